The van der Waals surface area contributed by atoms with Gasteiger partial charge < -0.3 is 15.0 Å². The van der Waals surface area contributed by atoms with Crippen molar-refractivity contribution in [2.75, 3.05) is 12.9 Å². The monoisotopic (exact) mass is 468 g/mol. The lowest BCUT2D eigenvalue weighted by molar-refractivity contribution is -0.140. The van der Waals surface area contributed by atoms with E-state index in [1.807, 2.05) is 31.2 Å². The summed E-state index contributed by atoms with van der Waals surface area (Å²) in [5.74, 6) is 1.34. The standard InChI is InChI=1S/C27H36N2O3S/c1-20-12-14-25(15-13-20)33-17-16-26(30)29(19-22-8-7-11-24(18-22)32-3)21(2)27(31)28-23-9-5-4-6-10-23/h7-8,11-15,18,21,23H,4-6,9-10,16-17,19H2,1-3H3,(H,28,31)/t21-/m1/s1. The summed E-state index contributed by atoms with van der Waals surface area (Å²) < 4.78 is 5.34. The number of thioether (sulfide) groups is 1. The van der Waals surface area contributed by atoms with Gasteiger partial charge in [-0.2, -0.15) is 0 Å². The summed E-state index contributed by atoms with van der Waals surface area (Å²) in [4.78, 5) is 29.2. The van der Waals surface area contributed by atoms with E-state index in [2.05, 4.69) is 36.5 Å². The molecule has 0 unspecified atom stereocenters. The Balaban J connectivity index is 1.66. The Morgan fingerprint density at radius 1 is 1.12 bits per heavy atom. The number of amides is 2. The fourth-order valence-corrected chi connectivity index (χ4v) is 4.99. The number of carbonyl (C=O) groups is 2. The Morgan fingerprint density at radius 3 is 2.55 bits per heavy atom. The van der Waals surface area contributed by atoms with Gasteiger partial charge >= 0.3 is 0 Å². The molecule has 2 amide bonds. The molecule has 33 heavy (non-hydrogen) atoms. The van der Waals surface area contributed by atoms with E-state index in [0.717, 1.165) is 41.9 Å². The highest BCUT2D eigenvalue weighted by atomic mass is 32.2. The van der Waals surface area contributed by atoms with Crippen molar-refractivity contribution in [3.63, 3.8) is 0 Å². The number of methoxy groups -OCH3 is 1. The highest BCUT2D eigenvalue weighted by Crippen LogP contribution is 2.22. The van der Waals surface area contributed by atoms with Gasteiger partial charge in [-0.1, -0.05) is 49.1 Å². The summed E-state index contributed by atoms with van der Waals surface area (Å²) >= 11 is 1.67. The third-order valence-corrected chi connectivity index (χ3v) is 7.23. The molecular formula is C27H36N2O3S. The first-order valence-corrected chi connectivity index (χ1v) is 12.9. The maximum absolute atomic E-state index is 13.3. The molecule has 1 fully saturated rings. The molecule has 0 radical (unpaired) electrons. The fraction of sp³-hybridized carbons (Fsp3) is 0.481. The summed E-state index contributed by atoms with van der Waals surface area (Å²) in [7, 11) is 1.63. The molecule has 178 valence electrons. The lowest BCUT2D eigenvalue weighted by Crippen LogP contribution is -2.50. The molecule has 3 rings (SSSR count). The molecule has 1 atom stereocenters. The molecule has 1 N–H and O–H groups in total. The van der Waals surface area contributed by atoms with Crippen molar-refractivity contribution in [3.8, 4) is 5.75 Å². The minimum atomic E-state index is -0.532. The number of hydrogen-bond donors (Lipinski definition) is 1. The highest BCUT2D eigenvalue weighted by molar-refractivity contribution is 7.99. The minimum Gasteiger partial charge on any atom is -0.497 e. The number of ether oxygens (including phenoxy) is 1. The zero-order chi connectivity index (χ0) is 23.6. The van der Waals surface area contributed by atoms with E-state index in [0.29, 0.717) is 18.7 Å². The van der Waals surface area contributed by atoms with Crippen LogP contribution in [-0.2, 0) is 16.1 Å². The second-order valence-electron chi connectivity index (χ2n) is 8.80. The first-order valence-electron chi connectivity index (χ1n) is 11.9. The predicted octanol–water partition coefficient (Wildman–Crippen LogP) is 5.35. The third kappa shape index (κ3) is 7.81. The van der Waals surface area contributed by atoms with Crippen LogP contribution in [-0.4, -0.2) is 41.7 Å². The lowest BCUT2D eigenvalue weighted by atomic mass is 9.95. The number of hydrogen-bond acceptors (Lipinski definition) is 4. The third-order valence-electron chi connectivity index (χ3n) is 6.21. The Labute approximate surface area is 202 Å². The van der Waals surface area contributed by atoms with Crippen LogP contribution in [0.5, 0.6) is 5.75 Å². The van der Waals surface area contributed by atoms with E-state index in [1.54, 1.807) is 23.8 Å². The average Bonchev–Trinajstić information content (AvgIpc) is 2.84. The van der Waals surface area contributed by atoms with Crippen LogP contribution >= 0.6 is 11.8 Å². The quantitative estimate of drug-likeness (QED) is 0.478. The van der Waals surface area contributed by atoms with Crippen molar-refractivity contribution in [1.82, 2.24) is 10.2 Å². The Hall–Kier alpha value is -2.47. The summed E-state index contributed by atoms with van der Waals surface area (Å²) in [5.41, 5.74) is 2.17. The number of carbonyl (C=O) groups excluding carboxylic acids is 2. The van der Waals surface area contributed by atoms with Crippen molar-refractivity contribution in [3.05, 3.63) is 59.7 Å². The first kappa shape index (κ1) is 25.2. The smallest absolute Gasteiger partial charge is 0.242 e. The summed E-state index contributed by atoms with van der Waals surface area (Å²) in [6.07, 6.45) is 5.97. The van der Waals surface area contributed by atoms with Crippen LogP contribution in [0.3, 0.4) is 0 Å². The fourth-order valence-electron chi connectivity index (χ4n) is 4.15. The van der Waals surface area contributed by atoms with Gasteiger partial charge in [0.05, 0.1) is 7.11 Å². The predicted molar refractivity (Wildman–Crippen MR) is 135 cm³/mol. The lowest BCUT2D eigenvalue weighted by Gasteiger charge is -2.31. The van der Waals surface area contributed by atoms with Gasteiger partial charge in [-0.15, -0.1) is 11.8 Å². The molecule has 0 aliphatic heterocycles. The molecule has 0 spiro atoms. The molecule has 2 aromatic carbocycles. The molecule has 5 nitrogen and oxygen atoms in total. The largest absolute Gasteiger partial charge is 0.497 e. The van der Waals surface area contributed by atoms with E-state index in [1.165, 1.54) is 12.0 Å². The van der Waals surface area contributed by atoms with Gasteiger partial charge in [0.2, 0.25) is 11.8 Å². The maximum Gasteiger partial charge on any atom is 0.242 e. The van der Waals surface area contributed by atoms with Gasteiger partial charge in [-0.05, 0) is 56.5 Å². The number of nitrogens with one attached hydrogen (secondary N) is 1. The number of benzene rings is 2. The number of rotatable bonds is 10. The van der Waals surface area contributed by atoms with E-state index >= 15 is 0 Å². The molecule has 2 aromatic rings. The molecule has 1 saturated carbocycles. The molecule has 0 saturated heterocycles. The molecule has 0 bridgehead atoms. The van der Waals surface area contributed by atoms with Crippen LogP contribution < -0.4 is 10.1 Å². The second kappa shape index (κ2) is 12.7. The first-order chi connectivity index (χ1) is 16.0. The molecule has 1 aliphatic rings. The molecule has 6 heteroatoms. The minimum absolute atomic E-state index is 0.0104. The number of aryl methyl sites for hydroxylation is 1. The van der Waals surface area contributed by atoms with Crippen LogP contribution in [0.4, 0.5) is 0 Å². The van der Waals surface area contributed by atoms with Crippen molar-refractivity contribution in [2.24, 2.45) is 0 Å². The van der Waals surface area contributed by atoms with Crippen molar-refractivity contribution >= 4 is 23.6 Å². The molecule has 0 aromatic heterocycles. The van der Waals surface area contributed by atoms with Crippen molar-refractivity contribution in [2.45, 2.75) is 75.9 Å². The van der Waals surface area contributed by atoms with E-state index < -0.39 is 6.04 Å². The van der Waals surface area contributed by atoms with Crippen LogP contribution in [0.2, 0.25) is 0 Å². The van der Waals surface area contributed by atoms with Gasteiger partial charge in [-0.3, -0.25) is 9.59 Å². The maximum atomic E-state index is 13.3. The Bertz CT molecular complexity index is 910. The zero-order valence-corrected chi connectivity index (χ0v) is 20.8. The van der Waals surface area contributed by atoms with Gasteiger partial charge in [0, 0.05) is 29.7 Å². The van der Waals surface area contributed by atoms with Crippen LogP contribution in [0.15, 0.2) is 53.4 Å². The topological polar surface area (TPSA) is 58.6 Å². The van der Waals surface area contributed by atoms with Crippen molar-refractivity contribution < 1.29 is 14.3 Å². The van der Waals surface area contributed by atoms with Crippen LogP contribution in [0.1, 0.15) is 56.6 Å². The molecular weight excluding hydrogens is 432 g/mol. The van der Waals surface area contributed by atoms with Crippen LogP contribution in [0, 0.1) is 6.92 Å². The normalized spacial score (nSPS) is 15.0. The Morgan fingerprint density at radius 2 is 1.85 bits per heavy atom. The summed E-state index contributed by atoms with van der Waals surface area (Å²) in [6.45, 7) is 4.28. The van der Waals surface area contributed by atoms with Gasteiger partial charge in [-0.25, -0.2) is 0 Å². The highest BCUT2D eigenvalue weighted by Gasteiger charge is 2.28. The SMILES string of the molecule is COc1cccc(CN(C(=O)CCSc2ccc(C)cc2)[C@H](C)C(=O)NC2CCCCC2)c1. The second-order valence-corrected chi connectivity index (χ2v) is 9.97. The van der Waals surface area contributed by atoms with Gasteiger partial charge in [0.15, 0.2) is 0 Å². The average molecular weight is 469 g/mol. The molecule has 1 aliphatic carbocycles. The van der Waals surface area contributed by atoms with Gasteiger partial charge in [0.25, 0.3) is 0 Å². The Kier molecular flexibility index (Phi) is 9.67. The molecule has 0 heterocycles. The summed E-state index contributed by atoms with van der Waals surface area (Å²) in [5, 5.41) is 3.19. The summed E-state index contributed by atoms with van der Waals surface area (Å²) in [6, 6.07) is 15.7. The van der Waals surface area contributed by atoms with Crippen molar-refractivity contribution in [1.29, 1.82) is 0 Å². The zero-order valence-electron chi connectivity index (χ0n) is 20.0. The number of nitrogens with zero attached hydrogens (tertiary/aromatic N) is 1. The van der Waals surface area contributed by atoms with Crippen LogP contribution in [0.25, 0.3) is 0 Å². The van der Waals surface area contributed by atoms with E-state index in [-0.39, 0.29) is 17.9 Å². The van der Waals surface area contributed by atoms with E-state index in [9.17, 15) is 9.59 Å². The van der Waals surface area contributed by atoms with Gasteiger partial charge in [0.1, 0.15) is 11.8 Å². The van der Waals surface area contributed by atoms with E-state index in [4.69, 9.17) is 4.74 Å².